The van der Waals surface area contributed by atoms with Crippen LogP contribution in [0.5, 0.6) is 0 Å². The lowest BCUT2D eigenvalue weighted by atomic mass is 9.97. The summed E-state index contributed by atoms with van der Waals surface area (Å²) in [5.41, 5.74) is 11.6. The molecular formula is C51H30N4O2. The lowest BCUT2D eigenvalue weighted by Crippen LogP contribution is -2.00. The molecule has 0 atom stereocenters. The molecule has 6 heteroatoms. The van der Waals surface area contributed by atoms with Gasteiger partial charge < -0.3 is 13.4 Å². The summed E-state index contributed by atoms with van der Waals surface area (Å²) in [6.45, 7) is 0. The van der Waals surface area contributed by atoms with E-state index in [9.17, 15) is 0 Å². The first-order valence-electron chi connectivity index (χ1n) is 19.0. The number of benzene rings is 8. The van der Waals surface area contributed by atoms with Crippen LogP contribution in [0.2, 0.25) is 0 Å². The predicted molar refractivity (Wildman–Crippen MR) is 230 cm³/mol. The van der Waals surface area contributed by atoms with Crippen molar-refractivity contribution in [2.75, 3.05) is 0 Å². The molecule has 0 spiro atoms. The zero-order valence-corrected chi connectivity index (χ0v) is 30.4. The maximum atomic E-state index is 6.52. The number of fused-ring (bicyclic) bond motifs is 9. The summed E-state index contributed by atoms with van der Waals surface area (Å²) in [6.07, 6.45) is 0. The lowest BCUT2D eigenvalue weighted by molar-refractivity contribution is 0.668. The molecule has 12 rings (SSSR count). The summed E-state index contributed by atoms with van der Waals surface area (Å²) < 4.78 is 15.0. The molecule has 0 bridgehead atoms. The molecule has 4 aromatic heterocycles. The summed E-state index contributed by atoms with van der Waals surface area (Å²) in [5, 5.41) is 6.56. The minimum Gasteiger partial charge on any atom is -0.456 e. The zero-order chi connectivity index (χ0) is 37.5. The number of para-hydroxylation sites is 3. The lowest BCUT2D eigenvalue weighted by Gasteiger charge is -2.10. The molecule has 0 fully saturated rings. The van der Waals surface area contributed by atoms with E-state index in [0.717, 1.165) is 82.9 Å². The largest absolute Gasteiger partial charge is 0.456 e. The van der Waals surface area contributed by atoms with Crippen LogP contribution < -0.4 is 0 Å². The Balaban J connectivity index is 1.04. The van der Waals surface area contributed by atoms with Crippen molar-refractivity contribution in [3.05, 3.63) is 182 Å². The number of rotatable bonds is 5. The third kappa shape index (κ3) is 5.01. The summed E-state index contributed by atoms with van der Waals surface area (Å²) in [7, 11) is 0. The maximum Gasteiger partial charge on any atom is 0.164 e. The Morgan fingerprint density at radius 1 is 0.333 bits per heavy atom. The van der Waals surface area contributed by atoms with Gasteiger partial charge in [-0.2, -0.15) is 0 Å². The fourth-order valence-corrected chi connectivity index (χ4v) is 8.42. The zero-order valence-electron chi connectivity index (χ0n) is 30.4. The number of aromatic nitrogens is 4. The van der Waals surface area contributed by atoms with Crippen molar-refractivity contribution in [1.29, 1.82) is 0 Å². The molecule has 0 unspecified atom stereocenters. The highest BCUT2D eigenvalue weighted by molar-refractivity contribution is 6.15. The van der Waals surface area contributed by atoms with Gasteiger partial charge in [0, 0.05) is 54.7 Å². The Hall–Kier alpha value is -7.83. The first kappa shape index (κ1) is 31.5. The van der Waals surface area contributed by atoms with Crippen LogP contribution in [0.3, 0.4) is 0 Å². The van der Waals surface area contributed by atoms with Gasteiger partial charge in [-0.15, -0.1) is 0 Å². The minimum atomic E-state index is 0.582. The molecular weight excluding hydrogens is 701 g/mol. The second kappa shape index (κ2) is 12.3. The predicted octanol–water partition coefficient (Wildman–Crippen LogP) is 13.4. The molecule has 266 valence electrons. The summed E-state index contributed by atoms with van der Waals surface area (Å²) in [6, 6.07) is 62.8. The van der Waals surface area contributed by atoms with Crippen molar-refractivity contribution in [3.8, 4) is 51.0 Å². The van der Waals surface area contributed by atoms with E-state index in [2.05, 4.69) is 108 Å². The summed E-state index contributed by atoms with van der Waals surface area (Å²) >= 11 is 0. The first-order chi connectivity index (χ1) is 28.2. The van der Waals surface area contributed by atoms with Crippen LogP contribution in [0.4, 0.5) is 0 Å². The van der Waals surface area contributed by atoms with E-state index in [4.69, 9.17) is 23.8 Å². The van der Waals surface area contributed by atoms with Crippen molar-refractivity contribution < 1.29 is 8.83 Å². The standard InChI is InChI=1S/C51H30N4O2/c1-3-12-31(13-4-1)49-52-50(33-23-26-45-40(28-33)39-17-8-10-20-44(39)56-45)54-51(53-49)34-24-27-46-41(29-34)48-36(18-11-21-47(48)57-46)32-22-25-38-37-16-7-9-19-42(37)55(43(38)30-32)35-14-5-2-6-15-35/h1-30H. The van der Waals surface area contributed by atoms with Crippen molar-refractivity contribution >= 4 is 65.7 Å². The minimum absolute atomic E-state index is 0.582. The SMILES string of the molecule is c1ccc(-c2nc(-c3ccc4oc5ccccc5c4c3)nc(-c3ccc4oc5cccc(-c6ccc7c8ccccc8n(-c8ccccc8)c7c6)c5c4c3)n2)cc1. The van der Waals surface area contributed by atoms with E-state index in [-0.39, 0.29) is 0 Å². The maximum absolute atomic E-state index is 6.52. The van der Waals surface area contributed by atoms with Crippen LogP contribution in [0, 0.1) is 0 Å². The Labute approximate surface area is 325 Å². The van der Waals surface area contributed by atoms with Gasteiger partial charge in [-0.25, -0.2) is 15.0 Å². The number of furan rings is 2. The highest BCUT2D eigenvalue weighted by Crippen LogP contribution is 2.41. The fourth-order valence-electron chi connectivity index (χ4n) is 8.42. The number of hydrogen-bond donors (Lipinski definition) is 0. The van der Waals surface area contributed by atoms with Gasteiger partial charge in [-0.1, -0.05) is 109 Å². The van der Waals surface area contributed by atoms with E-state index >= 15 is 0 Å². The third-order valence-electron chi connectivity index (χ3n) is 11.1. The first-order valence-corrected chi connectivity index (χ1v) is 19.0. The second-order valence-corrected chi connectivity index (χ2v) is 14.4. The Bertz CT molecular complexity index is 3530. The Kier molecular flexibility index (Phi) is 6.83. The monoisotopic (exact) mass is 730 g/mol. The molecule has 0 saturated carbocycles. The average Bonchev–Trinajstić information content (AvgIpc) is 3.95. The molecule has 0 saturated heterocycles. The molecule has 6 nitrogen and oxygen atoms in total. The molecule has 4 heterocycles. The molecule has 57 heavy (non-hydrogen) atoms. The topological polar surface area (TPSA) is 69.9 Å². The molecule has 0 N–H and O–H groups in total. The molecule has 0 aliphatic rings. The quantitative estimate of drug-likeness (QED) is 0.176. The van der Waals surface area contributed by atoms with E-state index in [1.807, 2.05) is 78.9 Å². The molecule has 12 aromatic rings. The van der Waals surface area contributed by atoms with Crippen molar-refractivity contribution in [1.82, 2.24) is 19.5 Å². The van der Waals surface area contributed by atoms with Crippen molar-refractivity contribution in [2.24, 2.45) is 0 Å². The smallest absolute Gasteiger partial charge is 0.164 e. The highest BCUT2D eigenvalue weighted by Gasteiger charge is 2.19. The highest BCUT2D eigenvalue weighted by atomic mass is 16.3. The fraction of sp³-hybridized carbons (Fsp3) is 0. The van der Waals surface area contributed by atoms with Crippen LogP contribution >= 0.6 is 0 Å². The Morgan fingerprint density at radius 2 is 0.895 bits per heavy atom. The van der Waals surface area contributed by atoms with Crippen molar-refractivity contribution in [2.45, 2.75) is 0 Å². The van der Waals surface area contributed by atoms with Gasteiger partial charge in [0.25, 0.3) is 0 Å². The van der Waals surface area contributed by atoms with Gasteiger partial charge in [0.15, 0.2) is 17.5 Å². The molecule has 0 amide bonds. The van der Waals surface area contributed by atoms with Gasteiger partial charge in [0.1, 0.15) is 22.3 Å². The van der Waals surface area contributed by atoms with Gasteiger partial charge >= 0.3 is 0 Å². The van der Waals surface area contributed by atoms with Gasteiger partial charge in [-0.05, 0) is 83.9 Å². The summed E-state index contributed by atoms with van der Waals surface area (Å²) in [5.74, 6) is 1.78. The normalized spacial score (nSPS) is 11.9. The molecule has 0 aliphatic carbocycles. The van der Waals surface area contributed by atoms with E-state index < -0.39 is 0 Å². The average molecular weight is 731 g/mol. The summed E-state index contributed by atoms with van der Waals surface area (Å²) in [4.78, 5) is 15.2. The van der Waals surface area contributed by atoms with Crippen LogP contribution in [0.25, 0.3) is 117 Å². The van der Waals surface area contributed by atoms with Crippen LogP contribution in [-0.2, 0) is 0 Å². The van der Waals surface area contributed by atoms with Crippen LogP contribution in [0.15, 0.2) is 191 Å². The number of hydrogen-bond acceptors (Lipinski definition) is 5. The molecule has 0 radical (unpaired) electrons. The van der Waals surface area contributed by atoms with Crippen molar-refractivity contribution in [3.63, 3.8) is 0 Å². The third-order valence-corrected chi connectivity index (χ3v) is 11.1. The van der Waals surface area contributed by atoms with E-state index in [1.54, 1.807) is 0 Å². The van der Waals surface area contributed by atoms with Gasteiger partial charge in [0.2, 0.25) is 0 Å². The van der Waals surface area contributed by atoms with Crippen LogP contribution in [0.1, 0.15) is 0 Å². The van der Waals surface area contributed by atoms with E-state index in [0.29, 0.717) is 17.5 Å². The van der Waals surface area contributed by atoms with E-state index in [1.165, 1.54) is 16.3 Å². The Morgan fingerprint density at radius 3 is 1.68 bits per heavy atom. The second-order valence-electron chi connectivity index (χ2n) is 14.4. The van der Waals surface area contributed by atoms with Gasteiger partial charge in [-0.3, -0.25) is 0 Å². The number of nitrogens with zero attached hydrogens (tertiary/aromatic N) is 4. The molecule has 8 aromatic carbocycles. The van der Waals surface area contributed by atoms with Gasteiger partial charge in [0.05, 0.1) is 11.0 Å². The molecule has 0 aliphatic heterocycles. The van der Waals surface area contributed by atoms with Crippen LogP contribution in [-0.4, -0.2) is 19.5 Å².